The van der Waals surface area contributed by atoms with Crippen LogP contribution >= 0.6 is 0 Å². The van der Waals surface area contributed by atoms with Gasteiger partial charge in [-0.1, -0.05) is 23.7 Å². The molecule has 2 fully saturated rings. The molecule has 3 N–H and O–H groups in total. The lowest BCUT2D eigenvalue weighted by Crippen LogP contribution is -2.46. The summed E-state index contributed by atoms with van der Waals surface area (Å²) in [5, 5.41) is 11.6. The highest BCUT2D eigenvalue weighted by atomic mass is 16.4. The second-order valence-corrected chi connectivity index (χ2v) is 5.96. The molecule has 1 aromatic carbocycles. The van der Waals surface area contributed by atoms with Crippen LogP contribution in [0, 0.1) is 5.92 Å². The molecule has 0 spiro atoms. The Kier molecular flexibility index (Phi) is 3.82. The van der Waals surface area contributed by atoms with Gasteiger partial charge in [0.05, 0.1) is 0 Å². The number of hydrogen-bond donors (Lipinski definition) is 2. The van der Waals surface area contributed by atoms with Crippen molar-refractivity contribution in [2.24, 2.45) is 16.8 Å². The summed E-state index contributed by atoms with van der Waals surface area (Å²) in [5.74, 6) is 0.861. The van der Waals surface area contributed by atoms with Crippen molar-refractivity contribution in [3.05, 3.63) is 35.4 Å². The molecule has 2 aliphatic rings. The molecule has 21 heavy (non-hydrogen) atoms. The molecular formula is C16H21N3O2. The topological polar surface area (TPSA) is 78.9 Å². The standard InChI is InChI=1S/C16H21N3O2/c17-15(18-21)12-6-8-13(9-7-12)16(20)19-10-2-4-11-3-1-5-14(11)19/h6-9,11,14,21H,1-5,10H2,(H2,17,18). The van der Waals surface area contributed by atoms with Crippen LogP contribution in [0.5, 0.6) is 0 Å². The van der Waals surface area contributed by atoms with E-state index in [9.17, 15) is 4.79 Å². The zero-order chi connectivity index (χ0) is 14.8. The Morgan fingerprint density at radius 1 is 1.14 bits per heavy atom. The van der Waals surface area contributed by atoms with Crippen LogP contribution < -0.4 is 5.73 Å². The molecule has 0 aromatic heterocycles. The van der Waals surface area contributed by atoms with Crippen LogP contribution in [0.3, 0.4) is 0 Å². The van der Waals surface area contributed by atoms with E-state index in [4.69, 9.17) is 10.9 Å². The fourth-order valence-electron chi connectivity index (χ4n) is 3.71. The predicted octanol–water partition coefficient (Wildman–Crippen LogP) is 2.19. The SMILES string of the molecule is NC(=NO)c1ccc(C(=O)N2CCCC3CCCC32)cc1. The van der Waals surface area contributed by atoms with Crippen LogP contribution in [0.4, 0.5) is 0 Å². The fraction of sp³-hybridized carbons (Fsp3) is 0.500. The molecule has 5 nitrogen and oxygen atoms in total. The summed E-state index contributed by atoms with van der Waals surface area (Å²) in [6, 6.07) is 7.38. The molecule has 112 valence electrons. The van der Waals surface area contributed by atoms with Crippen molar-refractivity contribution in [2.45, 2.75) is 38.1 Å². The summed E-state index contributed by atoms with van der Waals surface area (Å²) < 4.78 is 0. The minimum Gasteiger partial charge on any atom is -0.409 e. The molecule has 5 heteroatoms. The normalized spacial score (nSPS) is 25.7. The smallest absolute Gasteiger partial charge is 0.254 e. The van der Waals surface area contributed by atoms with E-state index < -0.39 is 0 Å². The van der Waals surface area contributed by atoms with Crippen molar-refractivity contribution >= 4 is 11.7 Å². The van der Waals surface area contributed by atoms with Gasteiger partial charge in [0, 0.05) is 23.7 Å². The van der Waals surface area contributed by atoms with Gasteiger partial charge in [-0.05, 0) is 43.7 Å². The maximum atomic E-state index is 12.7. The van der Waals surface area contributed by atoms with Crippen molar-refractivity contribution in [2.75, 3.05) is 6.54 Å². The number of amides is 1. The molecule has 2 unspecified atom stereocenters. The maximum Gasteiger partial charge on any atom is 0.254 e. The lowest BCUT2D eigenvalue weighted by molar-refractivity contribution is 0.0548. The average Bonchev–Trinajstić information content (AvgIpc) is 3.02. The van der Waals surface area contributed by atoms with E-state index in [2.05, 4.69) is 10.1 Å². The number of rotatable bonds is 2. The monoisotopic (exact) mass is 287 g/mol. The Morgan fingerprint density at radius 3 is 2.52 bits per heavy atom. The second kappa shape index (κ2) is 5.76. The average molecular weight is 287 g/mol. The predicted molar refractivity (Wildman–Crippen MR) is 80.4 cm³/mol. The van der Waals surface area contributed by atoms with Crippen molar-refractivity contribution in [1.29, 1.82) is 0 Å². The lowest BCUT2D eigenvalue weighted by atomic mass is 9.91. The van der Waals surface area contributed by atoms with Gasteiger partial charge in [-0.2, -0.15) is 0 Å². The van der Waals surface area contributed by atoms with Gasteiger partial charge in [-0.3, -0.25) is 4.79 Å². The number of benzene rings is 1. The first-order chi connectivity index (χ1) is 10.2. The van der Waals surface area contributed by atoms with Crippen molar-refractivity contribution in [3.8, 4) is 0 Å². The molecule has 1 heterocycles. The minimum atomic E-state index is 0.0582. The summed E-state index contributed by atoms with van der Waals surface area (Å²) in [5.41, 5.74) is 6.83. The number of nitrogens with two attached hydrogens (primary N) is 1. The van der Waals surface area contributed by atoms with Gasteiger partial charge in [0.25, 0.3) is 5.91 Å². The van der Waals surface area contributed by atoms with Crippen LogP contribution in [0.25, 0.3) is 0 Å². The molecule has 0 radical (unpaired) electrons. The number of nitrogens with zero attached hydrogens (tertiary/aromatic N) is 2. The van der Waals surface area contributed by atoms with E-state index >= 15 is 0 Å². The van der Waals surface area contributed by atoms with Crippen LogP contribution in [0.2, 0.25) is 0 Å². The van der Waals surface area contributed by atoms with Crippen molar-refractivity contribution in [1.82, 2.24) is 4.90 Å². The number of piperidine rings is 1. The summed E-state index contributed by atoms with van der Waals surface area (Å²) >= 11 is 0. The van der Waals surface area contributed by atoms with E-state index in [1.165, 1.54) is 19.3 Å². The van der Waals surface area contributed by atoms with E-state index in [-0.39, 0.29) is 11.7 Å². The Balaban J connectivity index is 1.78. The third-order valence-electron chi connectivity index (χ3n) is 4.79. The van der Waals surface area contributed by atoms with Crippen LogP contribution in [-0.4, -0.2) is 34.4 Å². The van der Waals surface area contributed by atoms with E-state index in [1.807, 2.05) is 0 Å². The van der Waals surface area contributed by atoms with Gasteiger partial charge < -0.3 is 15.8 Å². The van der Waals surface area contributed by atoms with E-state index in [1.54, 1.807) is 24.3 Å². The number of hydrogen-bond acceptors (Lipinski definition) is 3. The molecule has 1 saturated carbocycles. The largest absolute Gasteiger partial charge is 0.409 e. The quantitative estimate of drug-likeness (QED) is 0.379. The molecule has 1 aliphatic heterocycles. The van der Waals surface area contributed by atoms with Crippen LogP contribution in [0.1, 0.15) is 48.0 Å². The lowest BCUT2D eigenvalue weighted by Gasteiger charge is -2.37. The molecule has 2 atom stereocenters. The summed E-state index contributed by atoms with van der Waals surface area (Å²) in [6.45, 7) is 0.863. The number of carbonyl (C=O) groups excluding carboxylic acids is 1. The number of amidine groups is 1. The molecule has 1 aliphatic carbocycles. The highest BCUT2D eigenvalue weighted by Crippen LogP contribution is 2.37. The minimum absolute atomic E-state index is 0.0582. The van der Waals surface area contributed by atoms with Gasteiger partial charge in [0.2, 0.25) is 0 Å². The maximum absolute atomic E-state index is 12.7. The molecule has 1 amide bonds. The van der Waals surface area contributed by atoms with Gasteiger partial charge in [-0.25, -0.2) is 0 Å². The van der Waals surface area contributed by atoms with Gasteiger partial charge in [-0.15, -0.1) is 0 Å². The van der Waals surface area contributed by atoms with Crippen molar-refractivity contribution < 1.29 is 10.0 Å². The highest BCUT2D eigenvalue weighted by molar-refractivity contribution is 5.99. The first kappa shape index (κ1) is 13.9. The summed E-state index contributed by atoms with van der Waals surface area (Å²) in [6.07, 6.45) is 6.00. The van der Waals surface area contributed by atoms with Crippen LogP contribution in [0.15, 0.2) is 29.4 Å². The third kappa shape index (κ3) is 2.60. The second-order valence-electron chi connectivity index (χ2n) is 5.96. The Labute approximate surface area is 124 Å². The molecule has 1 saturated heterocycles. The fourth-order valence-corrected chi connectivity index (χ4v) is 3.71. The van der Waals surface area contributed by atoms with Gasteiger partial charge in [0.1, 0.15) is 0 Å². The molecule has 3 rings (SSSR count). The van der Waals surface area contributed by atoms with Gasteiger partial charge >= 0.3 is 0 Å². The molecule has 0 bridgehead atoms. The number of fused-ring (bicyclic) bond motifs is 1. The third-order valence-corrected chi connectivity index (χ3v) is 4.79. The van der Waals surface area contributed by atoms with Crippen molar-refractivity contribution in [3.63, 3.8) is 0 Å². The Hall–Kier alpha value is -2.04. The van der Waals surface area contributed by atoms with Crippen LogP contribution in [-0.2, 0) is 0 Å². The first-order valence-corrected chi connectivity index (χ1v) is 7.59. The van der Waals surface area contributed by atoms with E-state index in [0.29, 0.717) is 23.1 Å². The van der Waals surface area contributed by atoms with E-state index in [0.717, 1.165) is 19.4 Å². The zero-order valence-corrected chi connectivity index (χ0v) is 12.0. The molecular weight excluding hydrogens is 266 g/mol. The summed E-state index contributed by atoms with van der Waals surface area (Å²) in [7, 11) is 0. The highest BCUT2D eigenvalue weighted by Gasteiger charge is 2.37. The Bertz CT molecular complexity index is 553. The first-order valence-electron chi connectivity index (χ1n) is 7.59. The zero-order valence-electron chi connectivity index (χ0n) is 12.0. The van der Waals surface area contributed by atoms with Gasteiger partial charge in [0.15, 0.2) is 5.84 Å². The number of oxime groups is 1. The summed E-state index contributed by atoms with van der Waals surface area (Å²) in [4.78, 5) is 14.8. The number of carbonyl (C=O) groups is 1. The Morgan fingerprint density at radius 2 is 1.81 bits per heavy atom. The molecule has 1 aromatic rings. The number of likely N-dealkylation sites (tertiary alicyclic amines) is 1.